The van der Waals surface area contributed by atoms with E-state index in [1.165, 1.54) is 21.7 Å². The molecule has 0 saturated heterocycles. The Kier molecular flexibility index (Phi) is 4.49. The van der Waals surface area contributed by atoms with Crippen LogP contribution in [0.4, 0.5) is 17.6 Å². The lowest BCUT2D eigenvalue weighted by molar-refractivity contribution is -0.141. The van der Waals surface area contributed by atoms with Gasteiger partial charge in [-0.3, -0.25) is 9.78 Å². The molecule has 2 aromatic rings. The quantitative estimate of drug-likeness (QED) is 0.795. The first kappa shape index (κ1) is 17.4. The minimum absolute atomic E-state index is 0.0263. The van der Waals surface area contributed by atoms with Gasteiger partial charge in [-0.2, -0.15) is 13.2 Å². The predicted molar refractivity (Wildman–Crippen MR) is 80.2 cm³/mol. The molecular weight excluding hydrogens is 340 g/mol. The average molecular weight is 356 g/mol. The van der Waals surface area contributed by atoms with Crippen molar-refractivity contribution >= 4 is 5.91 Å². The SMILES string of the molecule is CN(C[C@H]1CCc2nc(C(F)(F)F)cn2C1)C(=O)c1ccncc1F. The van der Waals surface area contributed by atoms with Crippen LogP contribution >= 0.6 is 0 Å². The van der Waals surface area contributed by atoms with E-state index >= 15 is 0 Å². The third-order valence-corrected chi connectivity index (χ3v) is 4.26. The number of aryl methyl sites for hydroxylation is 1. The number of carbonyl (C=O) groups is 1. The molecule has 0 aliphatic carbocycles. The maximum atomic E-state index is 13.7. The van der Waals surface area contributed by atoms with Gasteiger partial charge in [0.1, 0.15) is 5.82 Å². The van der Waals surface area contributed by atoms with Crippen LogP contribution in [0.25, 0.3) is 0 Å². The van der Waals surface area contributed by atoms with Gasteiger partial charge >= 0.3 is 6.18 Å². The van der Waals surface area contributed by atoms with Crippen molar-refractivity contribution in [2.24, 2.45) is 5.92 Å². The second-order valence-corrected chi connectivity index (χ2v) is 6.14. The van der Waals surface area contributed by atoms with Crippen molar-refractivity contribution in [2.75, 3.05) is 13.6 Å². The molecule has 1 atom stereocenters. The summed E-state index contributed by atoms with van der Waals surface area (Å²) in [7, 11) is 1.55. The van der Waals surface area contributed by atoms with E-state index in [9.17, 15) is 22.4 Å². The van der Waals surface area contributed by atoms with E-state index < -0.39 is 23.6 Å². The monoisotopic (exact) mass is 356 g/mol. The molecule has 0 spiro atoms. The molecule has 9 heteroatoms. The highest BCUT2D eigenvalue weighted by molar-refractivity contribution is 5.94. The second kappa shape index (κ2) is 6.45. The van der Waals surface area contributed by atoms with E-state index in [1.54, 1.807) is 7.05 Å². The summed E-state index contributed by atoms with van der Waals surface area (Å²) in [6.07, 6.45) is -0.131. The van der Waals surface area contributed by atoms with Gasteiger partial charge in [0.15, 0.2) is 11.5 Å². The molecular formula is C16H16F4N4O. The molecule has 1 aliphatic rings. The van der Waals surface area contributed by atoms with Crippen molar-refractivity contribution in [3.05, 3.63) is 47.6 Å². The zero-order valence-electron chi connectivity index (χ0n) is 13.4. The summed E-state index contributed by atoms with van der Waals surface area (Å²) in [5.41, 5.74) is -0.970. The van der Waals surface area contributed by atoms with E-state index in [4.69, 9.17) is 0 Å². The van der Waals surface area contributed by atoms with E-state index in [-0.39, 0.29) is 11.5 Å². The lowest BCUT2D eigenvalue weighted by Crippen LogP contribution is -2.35. The molecule has 3 rings (SSSR count). The molecule has 0 bridgehead atoms. The van der Waals surface area contributed by atoms with Gasteiger partial charge < -0.3 is 9.47 Å². The molecule has 5 nitrogen and oxygen atoms in total. The van der Waals surface area contributed by atoms with Crippen LogP contribution in [0.1, 0.15) is 28.3 Å². The number of imidazole rings is 1. The number of carbonyl (C=O) groups excluding carboxylic acids is 1. The molecule has 2 aromatic heterocycles. The Morgan fingerprint density at radius 3 is 2.88 bits per heavy atom. The van der Waals surface area contributed by atoms with Crippen LogP contribution in [0, 0.1) is 11.7 Å². The maximum Gasteiger partial charge on any atom is 0.434 e. The summed E-state index contributed by atoms with van der Waals surface area (Å²) in [5.74, 6) is -0.804. The lowest BCUT2D eigenvalue weighted by Gasteiger charge is -2.28. The molecule has 3 heterocycles. The highest BCUT2D eigenvalue weighted by Crippen LogP contribution is 2.30. The van der Waals surface area contributed by atoms with E-state index in [1.807, 2.05) is 0 Å². The van der Waals surface area contributed by atoms with Crippen molar-refractivity contribution in [1.29, 1.82) is 0 Å². The van der Waals surface area contributed by atoms with Crippen molar-refractivity contribution in [3.8, 4) is 0 Å². The first-order valence-electron chi connectivity index (χ1n) is 7.74. The Labute approximate surface area is 141 Å². The molecule has 134 valence electrons. The topological polar surface area (TPSA) is 51.0 Å². The van der Waals surface area contributed by atoms with Crippen LogP contribution in [0.15, 0.2) is 24.7 Å². The summed E-state index contributed by atoms with van der Waals surface area (Å²) in [6.45, 7) is 0.661. The number of rotatable bonds is 3. The Hall–Kier alpha value is -2.45. The number of alkyl halides is 3. The van der Waals surface area contributed by atoms with E-state index in [2.05, 4.69) is 9.97 Å². The lowest BCUT2D eigenvalue weighted by atomic mass is 9.98. The summed E-state index contributed by atoms with van der Waals surface area (Å²) < 4.78 is 53.4. The Balaban J connectivity index is 1.67. The number of hydrogen-bond acceptors (Lipinski definition) is 3. The summed E-state index contributed by atoms with van der Waals surface area (Å²) in [6, 6.07) is 1.30. The van der Waals surface area contributed by atoms with Crippen LogP contribution in [-0.2, 0) is 19.1 Å². The largest absolute Gasteiger partial charge is 0.434 e. The second-order valence-electron chi connectivity index (χ2n) is 6.14. The van der Waals surface area contributed by atoms with E-state index in [0.29, 0.717) is 31.8 Å². The highest BCUT2D eigenvalue weighted by atomic mass is 19.4. The van der Waals surface area contributed by atoms with Gasteiger partial charge in [-0.05, 0) is 18.4 Å². The number of halogens is 4. The molecule has 0 fully saturated rings. The van der Waals surface area contributed by atoms with Crippen LogP contribution in [-0.4, -0.2) is 38.9 Å². The van der Waals surface area contributed by atoms with Gasteiger partial charge in [-0.1, -0.05) is 0 Å². The fourth-order valence-electron chi connectivity index (χ4n) is 3.02. The summed E-state index contributed by atoms with van der Waals surface area (Å²) in [5, 5.41) is 0. The maximum absolute atomic E-state index is 13.7. The number of fused-ring (bicyclic) bond motifs is 1. The zero-order chi connectivity index (χ0) is 18.2. The smallest absolute Gasteiger partial charge is 0.341 e. The van der Waals surface area contributed by atoms with Crippen molar-refractivity contribution in [1.82, 2.24) is 19.4 Å². The number of nitrogens with zero attached hydrogens (tertiary/aromatic N) is 4. The number of hydrogen-bond donors (Lipinski definition) is 0. The van der Waals surface area contributed by atoms with Gasteiger partial charge in [0.25, 0.3) is 5.91 Å². The van der Waals surface area contributed by atoms with Gasteiger partial charge in [0.2, 0.25) is 0 Å². The number of amides is 1. The van der Waals surface area contributed by atoms with Crippen molar-refractivity contribution < 1.29 is 22.4 Å². The van der Waals surface area contributed by atoms with Crippen molar-refractivity contribution in [3.63, 3.8) is 0 Å². The fraction of sp³-hybridized carbons (Fsp3) is 0.438. The Morgan fingerprint density at radius 1 is 1.44 bits per heavy atom. The van der Waals surface area contributed by atoms with Gasteiger partial charge in [0, 0.05) is 39.0 Å². The fourth-order valence-corrected chi connectivity index (χ4v) is 3.02. The highest BCUT2D eigenvalue weighted by Gasteiger charge is 2.36. The Bertz CT molecular complexity index is 787. The van der Waals surface area contributed by atoms with Gasteiger partial charge in [-0.25, -0.2) is 9.37 Å². The van der Waals surface area contributed by atoms with Crippen LogP contribution in [0.2, 0.25) is 0 Å². The third kappa shape index (κ3) is 3.64. The standard InChI is InChI=1S/C16H16F4N4O/c1-23(15(25)11-4-5-21-6-12(11)17)7-10-2-3-14-22-13(16(18,19)20)9-24(14)8-10/h4-6,9-10H,2-3,7-8H2,1H3/t10-/m1/s1. The summed E-state index contributed by atoms with van der Waals surface area (Å²) in [4.78, 5) is 20.9. The molecule has 0 aromatic carbocycles. The summed E-state index contributed by atoms with van der Waals surface area (Å²) >= 11 is 0. The van der Waals surface area contributed by atoms with Crippen LogP contribution < -0.4 is 0 Å². The first-order chi connectivity index (χ1) is 11.8. The van der Waals surface area contributed by atoms with Crippen LogP contribution in [0.3, 0.4) is 0 Å². The molecule has 0 unspecified atom stereocenters. The minimum Gasteiger partial charge on any atom is -0.341 e. The average Bonchev–Trinajstić information content (AvgIpc) is 2.98. The number of pyridine rings is 1. The Morgan fingerprint density at radius 2 is 2.20 bits per heavy atom. The molecule has 0 radical (unpaired) electrons. The molecule has 0 N–H and O–H groups in total. The zero-order valence-corrected chi connectivity index (χ0v) is 13.4. The normalized spacial score (nSPS) is 17.2. The molecule has 0 saturated carbocycles. The van der Waals surface area contributed by atoms with Gasteiger partial charge in [0.05, 0.1) is 11.8 Å². The predicted octanol–water partition coefficient (Wildman–Crippen LogP) is 2.77. The van der Waals surface area contributed by atoms with E-state index in [0.717, 1.165) is 12.4 Å². The molecule has 1 aliphatic heterocycles. The molecule has 1 amide bonds. The number of aromatic nitrogens is 3. The van der Waals surface area contributed by atoms with Crippen LogP contribution in [0.5, 0.6) is 0 Å². The third-order valence-electron chi connectivity index (χ3n) is 4.26. The first-order valence-corrected chi connectivity index (χ1v) is 7.74. The van der Waals surface area contributed by atoms with Gasteiger partial charge in [-0.15, -0.1) is 0 Å². The minimum atomic E-state index is -4.47. The van der Waals surface area contributed by atoms with Crippen molar-refractivity contribution in [2.45, 2.75) is 25.6 Å². The molecule has 25 heavy (non-hydrogen) atoms.